The third-order valence-electron chi connectivity index (χ3n) is 7.98. The summed E-state index contributed by atoms with van der Waals surface area (Å²) in [5, 5.41) is 9.93. The van der Waals surface area contributed by atoms with Crippen molar-refractivity contribution in [1.29, 1.82) is 0 Å². The fourth-order valence-electron chi connectivity index (χ4n) is 6.03. The van der Waals surface area contributed by atoms with Crippen molar-refractivity contribution < 1.29 is 4.42 Å². The molecule has 0 aliphatic heterocycles. The van der Waals surface area contributed by atoms with Crippen LogP contribution in [0.25, 0.3) is 76.5 Å². The number of hydrogen-bond donors (Lipinski definition) is 0. The number of aryl methyl sites for hydroxylation is 1. The summed E-state index contributed by atoms with van der Waals surface area (Å²) < 4.78 is 6.29. The van der Waals surface area contributed by atoms with E-state index in [1.165, 1.54) is 60.1 Å². The normalized spacial score (nSPS) is 11.8. The van der Waals surface area contributed by atoms with Crippen LogP contribution in [0.3, 0.4) is 0 Å². The van der Waals surface area contributed by atoms with E-state index in [4.69, 9.17) is 4.42 Å². The predicted molar refractivity (Wildman–Crippen MR) is 162 cm³/mol. The van der Waals surface area contributed by atoms with E-state index in [2.05, 4.69) is 134 Å². The molecular formula is C37H24O. The van der Waals surface area contributed by atoms with Gasteiger partial charge in [0.15, 0.2) is 0 Å². The van der Waals surface area contributed by atoms with Crippen LogP contribution in [-0.4, -0.2) is 0 Å². The van der Waals surface area contributed by atoms with Crippen LogP contribution in [0.4, 0.5) is 0 Å². The van der Waals surface area contributed by atoms with E-state index in [0.717, 1.165) is 21.9 Å². The number of rotatable bonds is 2. The van der Waals surface area contributed by atoms with Crippen molar-refractivity contribution >= 4 is 54.3 Å². The standard InChI is InChI=1S/C37H24O/c1-23-13-16-31(32-11-5-4-10-29(23)32)28-15-18-37-35(22-28)34-21-27(14-17-36(34)38-37)30-12-6-9-26-19-24-7-2-3-8-25(24)20-33(26)30/h2-22H,1H3. The van der Waals surface area contributed by atoms with Crippen LogP contribution in [0, 0.1) is 6.92 Å². The SMILES string of the molecule is Cc1ccc(-c2ccc3oc4ccc(-c5cccc6cc7ccccc7cc56)cc4c3c2)c2ccccc12. The number of hydrogen-bond acceptors (Lipinski definition) is 1. The minimum absolute atomic E-state index is 0.917. The molecule has 0 saturated heterocycles. The summed E-state index contributed by atoms with van der Waals surface area (Å²) in [6, 6.07) is 46.1. The first-order chi connectivity index (χ1) is 18.7. The van der Waals surface area contributed by atoms with Crippen LogP contribution >= 0.6 is 0 Å². The quantitative estimate of drug-likeness (QED) is 0.222. The molecule has 8 aromatic rings. The highest BCUT2D eigenvalue weighted by Crippen LogP contribution is 2.39. The Morgan fingerprint density at radius 2 is 1.00 bits per heavy atom. The van der Waals surface area contributed by atoms with Crippen molar-refractivity contribution in [3.63, 3.8) is 0 Å². The maximum absolute atomic E-state index is 6.29. The summed E-state index contributed by atoms with van der Waals surface area (Å²) in [5.41, 5.74) is 8.03. The molecule has 0 saturated carbocycles. The lowest BCUT2D eigenvalue weighted by atomic mass is 9.93. The first kappa shape index (κ1) is 21.2. The van der Waals surface area contributed by atoms with E-state index in [9.17, 15) is 0 Å². The van der Waals surface area contributed by atoms with Crippen molar-refractivity contribution in [2.45, 2.75) is 6.92 Å². The van der Waals surface area contributed by atoms with E-state index in [1.54, 1.807) is 0 Å². The van der Waals surface area contributed by atoms with Crippen molar-refractivity contribution in [3.05, 3.63) is 133 Å². The predicted octanol–water partition coefficient (Wildman–Crippen LogP) is 10.7. The monoisotopic (exact) mass is 484 g/mol. The van der Waals surface area contributed by atoms with E-state index < -0.39 is 0 Å². The Morgan fingerprint density at radius 3 is 1.74 bits per heavy atom. The zero-order valence-electron chi connectivity index (χ0n) is 21.0. The Hall–Kier alpha value is -4.88. The molecule has 0 bridgehead atoms. The van der Waals surface area contributed by atoms with Crippen molar-refractivity contribution in [2.24, 2.45) is 0 Å². The fraction of sp³-hybridized carbons (Fsp3) is 0.0270. The van der Waals surface area contributed by atoms with E-state index in [-0.39, 0.29) is 0 Å². The lowest BCUT2D eigenvalue weighted by molar-refractivity contribution is 0.669. The molecule has 38 heavy (non-hydrogen) atoms. The van der Waals surface area contributed by atoms with Gasteiger partial charge < -0.3 is 4.42 Å². The first-order valence-electron chi connectivity index (χ1n) is 13.1. The lowest BCUT2D eigenvalue weighted by Gasteiger charge is -2.10. The second-order valence-electron chi connectivity index (χ2n) is 10.2. The molecule has 0 unspecified atom stereocenters. The Morgan fingerprint density at radius 1 is 0.395 bits per heavy atom. The smallest absolute Gasteiger partial charge is 0.135 e. The third kappa shape index (κ3) is 3.19. The highest BCUT2D eigenvalue weighted by molar-refractivity contribution is 6.11. The summed E-state index contributed by atoms with van der Waals surface area (Å²) in [5.74, 6) is 0. The molecule has 1 heterocycles. The molecule has 0 aliphatic rings. The average Bonchev–Trinajstić information content (AvgIpc) is 3.33. The zero-order chi connectivity index (χ0) is 25.2. The van der Waals surface area contributed by atoms with Crippen LogP contribution in [-0.2, 0) is 0 Å². The molecule has 0 atom stereocenters. The number of benzene rings is 7. The molecule has 0 amide bonds. The van der Waals surface area contributed by atoms with Gasteiger partial charge in [-0.2, -0.15) is 0 Å². The van der Waals surface area contributed by atoms with Gasteiger partial charge in [0.25, 0.3) is 0 Å². The highest BCUT2D eigenvalue weighted by Gasteiger charge is 2.13. The maximum atomic E-state index is 6.29. The average molecular weight is 485 g/mol. The first-order valence-corrected chi connectivity index (χ1v) is 13.1. The van der Waals surface area contributed by atoms with Gasteiger partial charge in [-0.3, -0.25) is 0 Å². The summed E-state index contributed by atoms with van der Waals surface area (Å²) in [6.07, 6.45) is 0. The van der Waals surface area contributed by atoms with E-state index >= 15 is 0 Å². The molecule has 8 rings (SSSR count). The van der Waals surface area contributed by atoms with Crippen molar-refractivity contribution in [2.75, 3.05) is 0 Å². The summed E-state index contributed by atoms with van der Waals surface area (Å²) in [4.78, 5) is 0. The summed E-state index contributed by atoms with van der Waals surface area (Å²) in [7, 11) is 0. The molecule has 0 radical (unpaired) electrons. The molecule has 0 fully saturated rings. The summed E-state index contributed by atoms with van der Waals surface area (Å²) >= 11 is 0. The van der Waals surface area contributed by atoms with E-state index in [0.29, 0.717) is 0 Å². The van der Waals surface area contributed by atoms with E-state index in [1.807, 2.05) is 0 Å². The van der Waals surface area contributed by atoms with Crippen LogP contribution in [0.2, 0.25) is 0 Å². The molecule has 178 valence electrons. The topological polar surface area (TPSA) is 13.1 Å². The third-order valence-corrected chi connectivity index (χ3v) is 7.98. The summed E-state index contributed by atoms with van der Waals surface area (Å²) in [6.45, 7) is 2.18. The van der Waals surface area contributed by atoms with Crippen LogP contribution < -0.4 is 0 Å². The van der Waals surface area contributed by atoms with Crippen molar-refractivity contribution in [3.8, 4) is 22.3 Å². The zero-order valence-corrected chi connectivity index (χ0v) is 21.0. The Bertz CT molecular complexity index is 2200. The second-order valence-corrected chi connectivity index (χ2v) is 10.2. The second kappa shape index (κ2) is 8.06. The molecule has 1 nitrogen and oxygen atoms in total. The van der Waals surface area contributed by atoms with Gasteiger partial charge in [0.1, 0.15) is 11.2 Å². The van der Waals surface area contributed by atoms with Gasteiger partial charge in [0, 0.05) is 10.8 Å². The molecule has 1 aromatic heterocycles. The van der Waals surface area contributed by atoms with Crippen LogP contribution in [0.15, 0.2) is 132 Å². The molecule has 0 aliphatic carbocycles. The highest BCUT2D eigenvalue weighted by atomic mass is 16.3. The Labute approximate surface area is 220 Å². The number of fused-ring (bicyclic) bond motifs is 6. The van der Waals surface area contributed by atoms with Crippen molar-refractivity contribution in [1.82, 2.24) is 0 Å². The molecule has 0 spiro atoms. The lowest BCUT2D eigenvalue weighted by Crippen LogP contribution is -1.84. The molecule has 1 heteroatoms. The van der Waals surface area contributed by atoms with Crippen LogP contribution in [0.1, 0.15) is 5.56 Å². The number of furan rings is 1. The Balaban J connectivity index is 1.34. The minimum atomic E-state index is 0.917. The van der Waals surface area contributed by atoms with Crippen LogP contribution in [0.5, 0.6) is 0 Å². The minimum Gasteiger partial charge on any atom is -0.456 e. The van der Waals surface area contributed by atoms with Gasteiger partial charge in [0.05, 0.1) is 0 Å². The Kier molecular flexibility index (Phi) is 4.50. The molecule has 0 N–H and O–H groups in total. The van der Waals surface area contributed by atoms with Gasteiger partial charge in [-0.15, -0.1) is 0 Å². The van der Waals surface area contributed by atoms with Gasteiger partial charge in [-0.05, 0) is 103 Å². The van der Waals surface area contributed by atoms with Gasteiger partial charge >= 0.3 is 0 Å². The van der Waals surface area contributed by atoms with Gasteiger partial charge in [-0.25, -0.2) is 0 Å². The fourth-order valence-corrected chi connectivity index (χ4v) is 6.03. The molecule has 7 aromatic carbocycles. The molecular weight excluding hydrogens is 460 g/mol. The largest absolute Gasteiger partial charge is 0.456 e. The van der Waals surface area contributed by atoms with Gasteiger partial charge in [-0.1, -0.05) is 91.0 Å². The van der Waals surface area contributed by atoms with Gasteiger partial charge in [0.2, 0.25) is 0 Å². The maximum Gasteiger partial charge on any atom is 0.135 e.